The van der Waals surface area contributed by atoms with E-state index in [9.17, 15) is 71.9 Å². The highest BCUT2D eigenvalue weighted by molar-refractivity contribution is 14.1. The lowest BCUT2D eigenvalue weighted by Gasteiger charge is -2.20. The van der Waals surface area contributed by atoms with E-state index in [2.05, 4.69) is 18.9 Å². The number of benzene rings is 1. The molecule has 1 aromatic rings. The Hall–Kier alpha value is -3.01. The SMILES string of the molecule is O=C(Oc1cc(I)c(OC(=O)C(F)(F)F)c(OC(=O)C(F)(F)F)c1OC(=O)C(F)(F)F)C(F)(F)F. The van der Waals surface area contributed by atoms with Gasteiger partial charge in [0.25, 0.3) is 0 Å². The van der Waals surface area contributed by atoms with Crippen molar-refractivity contribution in [1.29, 1.82) is 0 Å². The van der Waals surface area contributed by atoms with Crippen LogP contribution in [0.1, 0.15) is 0 Å². The Morgan fingerprint density at radius 2 is 0.800 bits per heavy atom. The number of hydrogen-bond acceptors (Lipinski definition) is 8. The van der Waals surface area contributed by atoms with Gasteiger partial charge in [0, 0.05) is 6.07 Å². The van der Waals surface area contributed by atoms with E-state index in [4.69, 9.17) is 0 Å². The number of carbonyl (C=O) groups is 4. The molecule has 0 heterocycles. The second kappa shape index (κ2) is 9.93. The van der Waals surface area contributed by atoms with Crippen molar-refractivity contribution in [2.24, 2.45) is 0 Å². The Kier molecular flexibility index (Phi) is 8.51. The first-order valence-electron chi connectivity index (χ1n) is 7.48. The second-order valence-corrected chi connectivity index (χ2v) is 6.56. The smallest absolute Gasteiger partial charge is 0.416 e. The van der Waals surface area contributed by atoms with Crippen LogP contribution in [0.2, 0.25) is 0 Å². The number of ether oxygens (including phenoxy) is 4. The summed E-state index contributed by atoms with van der Waals surface area (Å²) in [4.78, 5) is 44.4. The van der Waals surface area contributed by atoms with E-state index < -0.39 is 75.2 Å². The molecular formula is C14HF12IO8. The van der Waals surface area contributed by atoms with Crippen molar-refractivity contribution >= 4 is 46.5 Å². The van der Waals surface area contributed by atoms with Crippen LogP contribution >= 0.6 is 22.6 Å². The fraction of sp³-hybridized carbons (Fsp3) is 0.286. The zero-order valence-corrected chi connectivity index (χ0v) is 17.4. The Morgan fingerprint density at radius 1 is 0.514 bits per heavy atom. The summed E-state index contributed by atoms with van der Waals surface area (Å²) >= 11 is 0.723. The molecule has 0 aliphatic heterocycles. The van der Waals surface area contributed by atoms with Gasteiger partial charge in [0.2, 0.25) is 11.5 Å². The van der Waals surface area contributed by atoms with Crippen LogP contribution in [-0.2, 0) is 19.2 Å². The summed E-state index contributed by atoms with van der Waals surface area (Å²) in [6, 6.07) is -0.118. The third-order valence-electron chi connectivity index (χ3n) is 2.82. The van der Waals surface area contributed by atoms with Crippen LogP contribution in [0.5, 0.6) is 23.0 Å². The Morgan fingerprint density at radius 3 is 1.14 bits per heavy atom. The molecule has 0 spiro atoms. The molecule has 0 bridgehead atoms. The molecule has 0 atom stereocenters. The number of alkyl halides is 12. The summed E-state index contributed by atoms with van der Waals surface area (Å²) in [5.74, 6) is -22.3. The number of hydrogen-bond donors (Lipinski definition) is 0. The Bertz CT molecular complexity index is 1040. The van der Waals surface area contributed by atoms with Crippen molar-refractivity contribution in [1.82, 2.24) is 0 Å². The Balaban J connectivity index is 3.94. The highest BCUT2D eigenvalue weighted by Crippen LogP contribution is 2.49. The average Bonchev–Trinajstić information content (AvgIpc) is 2.63. The molecule has 0 N–H and O–H groups in total. The maximum atomic E-state index is 12.6. The molecule has 0 aliphatic carbocycles. The molecule has 8 nitrogen and oxygen atoms in total. The zero-order chi connectivity index (χ0) is 27.7. The summed E-state index contributed by atoms with van der Waals surface area (Å²) in [6.07, 6.45) is -24.0. The van der Waals surface area contributed by atoms with Gasteiger partial charge in [-0.15, -0.1) is 0 Å². The van der Waals surface area contributed by atoms with Crippen molar-refractivity contribution in [3.8, 4) is 23.0 Å². The molecule has 0 saturated heterocycles. The molecule has 0 aromatic heterocycles. The molecule has 0 saturated carbocycles. The summed E-state index contributed by atoms with van der Waals surface area (Å²) in [6.45, 7) is 0. The van der Waals surface area contributed by atoms with Gasteiger partial charge in [-0.05, 0) is 22.6 Å². The fourth-order valence-electron chi connectivity index (χ4n) is 1.54. The number of halogens is 13. The van der Waals surface area contributed by atoms with Gasteiger partial charge in [0.15, 0.2) is 11.5 Å². The van der Waals surface area contributed by atoms with E-state index >= 15 is 0 Å². The Labute approximate surface area is 195 Å². The maximum absolute atomic E-state index is 12.6. The first kappa shape index (κ1) is 30.0. The number of esters is 4. The molecule has 0 fully saturated rings. The molecule has 0 amide bonds. The summed E-state index contributed by atoms with van der Waals surface area (Å²) < 4.78 is 163. The third kappa shape index (κ3) is 8.02. The van der Waals surface area contributed by atoms with Gasteiger partial charge in [-0.3, -0.25) is 0 Å². The van der Waals surface area contributed by atoms with Gasteiger partial charge < -0.3 is 18.9 Å². The normalized spacial score (nSPS) is 12.6. The molecule has 21 heteroatoms. The topological polar surface area (TPSA) is 105 Å². The highest BCUT2D eigenvalue weighted by atomic mass is 127. The minimum atomic E-state index is -6.07. The van der Waals surface area contributed by atoms with E-state index in [1.54, 1.807) is 0 Å². The van der Waals surface area contributed by atoms with Crippen molar-refractivity contribution in [3.05, 3.63) is 9.64 Å². The van der Waals surface area contributed by atoms with Crippen LogP contribution < -0.4 is 18.9 Å². The van der Waals surface area contributed by atoms with Crippen LogP contribution in [0.25, 0.3) is 0 Å². The van der Waals surface area contributed by atoms with E-state index in [0.717, 1.165) is 22.6 Å². The van der Waals surface area contributed by atoms with Crippen LogP contribution in [0.15, 0.2) is 6.07 Å². The molecule has 196 valence electrons. The molecule has 35 heavy (non-hydrogen) atoms. The van der Waals surface area contributed by atoms with Gasteiger partial charge in [-0.2, -0.15) is 52.7 Å². The third-order valence-corrected chi connectivity index (χ3v) is 3.63. The lowest BCUT2D eigenvalue weighted by molar-refractivity contribution is -0.193. The monoisotopic (exact) mass is 652 g/mol. The molecule has 0 radical (unpaired) electrons. The lowest BCUT2D eigenvalue weighted by Crippen LogP contribution is -2.32. The van der Waals surface area contributed by atoms with Crippen LogP contribution in [0.3, 0.4) is 0 Å². The van der Waals surface area contributed by atoms with E-state index in [0.29, 0.717) is 0 Å². The standard InChI is InChI=1S/C14HF12IO8/c15-11(16,17)7(28)32-3-1-2(27)4(33-8(29)12(18,19)20)6(35-10(31)14(24,25)26)5(3)34-9(30)13(21,22)23/h1H. The predicted octanol–water partition coefficient (Wildman–Crippen LogP) is 4.16. The molecular weight excluding hydrogens is 651 g/mol. The van der Waals surface area contributed by atoms with E-state index in [1.807, 2.05) is 0 Å². The number of carbonyl (C=O) groups excluding carboxylic acids is 4. The molecule has 1 rings (SSSR count). The van der Waals surface area contributed by atoms with Gasteiger partial charge in [0.05, 0.1) is 3.57 Å². The zero-order valence-electron chi connectivity index (χ0n) is 15.3. The minimum Gasteiger partial charge on any atom is -0.416 e. The van der Waals surface area contributed by atoms with E-state index in [1.165, 1.54) is 0 Å². The maximum Gasteiger partial charge on any atom is 0.491 e. The largest absolute Gasteiger partial charge is 0.491 e. The van der Waals surface area contributed by atoms with Crippen LogP contribution in [-0.4, -0.2) is 48.6 Å². The van der Waals surface area contributed by atoms with Crippen molar-refractivity contribution in [2.45, 2.75) is 24.7 Å². The van der Waals surface area contributed by atoms with Gasteiger partial charge in [0.1, 0.15) is 0 Å². The van der Waals surface area contributed by atoms with Crippen LogP contribution in [0.4, 0.5) is 52.7 Å². The minimum absolute atomic E-state index is 0.118. The molecule has 1 aromatic carbocycles. The first-order valence-corrected chi connectivity index (χ1v) is 8.56. The van der Waals surface area contributed by atoms with Crippen LogP contribution in [0, 0.1) is 3.57 Å². The first-order chi connectivity index (χ1) is 15.5. The quantitative estimate of drug-likeness (QED) is 0.207. The summed E-state index contributed by atoms with van der Waals surface area (Å²) in [7, 11) is 0. The van der Waals surface area contributed by atoms with E-state index in [-0.39, 0.29) is 6.07 Å². The summed E-state index contributed by atoms with van der Waals surface area (Å²) in [5.41, 5.74) is 0. The fourth-order valence-corrected chi connectivity index (χ4v) is 2.18. The van der Waals surface area contributed by atoms with Gasteiger partial charge in [-0.1, -0.05) is 0 Å². The van der Waals surface area contributed by atoms with Crippen molar-refractivity contribution < 1.29 is 90.8 Å². The summed E-state index contributed by atoms with van der Waals surface area (Å²) in [5, 5.41) is 0. The highest BCUT2D eigenvalue weighted by Gasteiger charge is 2.48. The molecule has 0 unspecified atom stereocenters. The lowest BCUT2D eigenvalue weighted by atomic mass is 10.2. The average molecular weight is 652 g/mol. The predicted molar refractivity (Wildman–Crippen MR) is 85.9 cm³/mol. The number of rotatable bonds is 4. The van der Waals surface area contributed by atoms with Crippen molar-refractivity contribution in [2.75, 3.05) is 0 Å². The van der Waals surface area contributed by atoms with Crippen molar-refractivity contribution in [3.63, 3.8) is 0 Å². The second-order valence-electron chi connectivity index (χ2n) is 5.39. The molecule has 0 aliphatic rings. The van der Waals surface area contributed by atoms with Gasteiger partial charge in [-0.25, -0.2) is 19.2 Å². The van der Waals surface area contributed by atoms with Gasteiger partial charge >= 0.3 is 48.6 Å².